The molecule has 0 aliphatic carbocycles. The molecule has 0 bridgehead atoms. The number of hydrogen-bond acceptors (Lipinski definition) is 4. The first-order chi connectivity index (χ1) is 13.7. The molecule has 1 amide bonds. The quantitative estimate of drug-likeness (QED) is 0.543. The maximum Gasteiger partial charge on any atom is 0.410 e. The zero-order valence-corrected chi connectivity index (χ0v) is 16.0. The lowest BCUT2D eigenvalue weighted by Crippen LogP contribution is -2.36. The molecule has 2 unspecified atom stereocenters. The molecule has 2 N–H and O–H groups in total. The Hall–Kier alpha value is -2.65. The standard InChI is InChI=1S/C18H13Cl2F3N4O2/c19-9-4-10(20)6-11(5-9)25-17(28)12-8-24-27-15(18(21,22)23)7-13(26-16(12)27)14-2-1-3-29-14/h1-6,8,13,15,26H,7H2,(H,25,28). The van der Waals surface area contributed by atoms with E-state index in [1.807, 2.05) is 0 Å². The number of anilines is 2. The van der Waals surface area contributed by atoms with E-state index in [0.29, 0.717) is 21.5 Å². The van der Waals surface area contributed by atoms with Crippen LogP contribution in [0, 0.1) is 0 Å². The van der Waals surface area contributed by atoms with Gasteiger partial charge in [-0.2, -0.15) is 18.3 Å². The van der Waals surface area contributed by atoms with E-state index in [9.17, 15) is 18.0 Å². The molecule has 1 aromatic carbocycles. The molecule has 6 nitrogen and oxygen atoms in total. The Kier molecular flexibility index (Phi) is 4.95. The highest BCUT2D eigenvalue weighted by Gasteiger charge is 2.47. The van der Waals surface area contributed by atoms with Crippen LogP contribution in [-0.2, 0) is 0 Å². The van der Waals surface area contributed by atoms with Gasteiger partial charge < -0.3 is 15.1 Å². The van der Waals surface area contributed by atoms with Gasteiger partial charge in [0.2, 0.25) is 0 Å². The lowest BCUT2D eigenvalue weighted by molar-refractivity contribution is -0.174. The number of alkyl halides is 3. The lowest BCUT2D eigenvalue weighted by Gasteiger charge is -2.32. The molecule has 0 radical (unpaired) electrons. The van der Waals surface area contributed by atoms with E-state index < -0.39 is 24.2 Å². The molecule has 3 aromatic rings. The lowest BCUT2D eigenvalue weighted by atomic mass is 10.0. The molecule has 1 aliphatic rings. The van der Waals surface area contributed by atoms with Crippen LogP contribution in [-0.4, -0.2) is 21.9 Å². The van der Waals surface area contributed by atoms with Crippen molar-refractivity contribution in [1.82, 2.24) is 9.78 Å². The fourth-order valence-corrected chi connectivity index (χ4v) is 3.76. The molecule has 11 heteroatoms. The fraction of sp³-hybridized carbons (Fsp3) is 0.222. The van der Waals surface area contributed by atoms with E-state index in [2.05, 4.69) is 15.7 Å². The summed E-state index contributed by atoms with van der Waals surface area (Å²) in [5, 5.41) is 9.92. The van der Waals surface area contributed by atoms with Crippen molar-refractivity contribution in [2.24, 2.45) is 0 Å². The third kappa shape index (κ3) is 3.92. The first-order valence-corrected chi connectivity index (χ1v) is 9.19. The number of fused-ring (bicyclic) bond motifs is 1. The van der Waals surface area contributed by atoms with Crippen molar-refractivity contribution in [3.8, 4) is 0 Å². The second-order valence-electron chi connectivity index (χ2n) is 6.47. The zero-order chi connectivity index (χ0) is 20.8. The minimum atomic E-state index is -4.55. The van der Waals surface area contributed by atoms with Gasteiger partial charge in [0.05, 0.1) is 18.5 Å². The van der Waals surface area contributed by atoms with Crippen molar-refractivity contribution in [1.29, 1.82) is 0 Å². The van der Waals surface area contributed by atoms with Gasteiger partial charge in [0.15, 0.2) is 6.04 Å². The molecule has 152 valence electrons. The van der Waals surface area contributed by atoms with Gasteiger partial charge in [0.1, 0.15) is 17.1 Å². The van der Waals surface area contributed by atoms with Crippen molar-refractivity contribution in [3.05, 3.63) is 64.2 Å². The topological polar surface area (TPSA) is 72.1 Å². The van der Waals surface area contributed by atoms with Gasteiger partial charge in [0.25, 0.3) is 5.91 Å². The number of hydrogen-bond donors (Lipinski definition) is 2. The van der Waals surface area contributed by atoms with Crippen LogP contribution in [0.2, 0.25) is 10.0 Å². The molecule has 2 atom stereocenters. The highest BCUT2D eigenvalue weighted by atomic mass is 35.5. The highest BCUT2D eigenvalue weighted by molar-refractivity contribution is 6.35. The number of benzene rings is 1. The van der Waals surface area contributed by atoms with Gasteiger partial charge in [0, 0.05) is 22.2 Å². The Morgan fingerprint density at radius 2 is 2.00 bits per heavy atom. The van der Waals surface area contributed by atoms with Crippen molar-refractivity contribution in [2.75, 3.05) is 10.6 Å². The summed E-state index contributed by atoms with van der Waals surface area (Å²) in [4.78, 5) is 12.7. The number of rotatable bonds is 3. The van der Waals surface area contributed by atoms with E-state index in [-0.39, 0.29) is 17.8 Å². The fourth-order valence-electron chi connectivity index (χ4n) is 3.23. The van der Waals surface area contributed by atoms with E-state index >= 15 is 0 Å². The predicted octanol–water partition coefficient (Wildman–Crippen LogP) is 5.70. The number of furan rings is 1. The second-order valence-corrected chi connectivity index (χ2v) is 7.34. The van der Waals surface area contributed by atoms with Crippen LogP contribution >= 0.6 is 23.2 Å². The number of carbonyl (C=O) groups is 1. The molecule has 0 fully saturated rings. The number of carbonyl (C=O) groups excluding carboxylic acids is 1. The summed E-state index contributed by atoms with van der Waals surface area (Å²) < 4.78 is 46.9. The third-order valence-electron chi connectivity index (χ3n) is 4.49. The molecular weight excluding hydrogens is 432 g/mol. The number of nitrogens with one attached hydrogen (secondary N) is 2. The number of amides is 1. The first kappa shape index (κ1) is 19.7. The Balaban J connectivity index is 1.68. The van der Waals surface area contributed by atoms with Gasteiger partial charge >= 0.3 is 6.18 Å². The number of aromatic nitrogens is 2. The van der Waals surface area contributed by atoms with Crippen molar-refractivity contribution >= 4 is 40.6 Å². The van der Waals surface area contributed by atoms with E-state index in [1.54, 1.807) is 12.1 Å². The molecule has 3 heterocycles. The summed E-state index contributed by atoms with van der Waals surface area (Å²) in [6.45, 7) is 0. The maximum atomic E-state index is 13.6. The highest BCUT2D eigenvalue weighted by Crippen LogP contribution is 2.44. The summed E-state index contributed by atoms with van der Waals surface area (Å²) in [5.74, 6) is -0.372. The largest absolute Gasteiger partial charge is 0.467 e. The average molecular weight is 445 g/mol. The number of nitrogens with zero attached hydrogens (tertiary/aromatic N) is 2. The summed E-state index contributed by atoms with van der Waals surface area (Å²) in [6.07, 6.45) is -2.41. The van der Waals surface area contributed by atoms with Crippen LogP contribution in [0.5, 0.6) is 0 Å². The SMILES string of the molecule is O=C(Nc1cc(Cl)cc(Cl)c1)c1cnn2c1NC(c1ccco1)CC2C(F)(F)F. The first-order valence-electron chi connectivity index (χ1n) is 8.44. The molecule has 0 spiro atoms. The molecule has 2 aromatic heterocycles. The van der Waals surface area contributed by atoms with Crippen LogP contribution in [0.15, 0.2) is 47.2 Å². The van der Waals surface area contributed by atoms with Crippen LogP contribution in [0.4, 0.5) is 24.7 Å². The molecule has 0 saturated carbocycles. The van der Waals surface area contributed by atoms with Crippen molar-refractivity contribution in [3.63, 3.8) is 0 Å². The Labute approximate surface area is 172 Å². The Bertz CT molecular complexity index is 1030. The van der Waals surface area contributed by atoms with Gasteiger partial charge in [-0.1, -0.05) is 23.2 Å². The summed E-state index contributed by atoms with van der Waals surface area (Å²) in [5.41, 5.74) is 0.254. The second kappa shape index (κ2) is 7.31. The van der Waals surface area contributed by atoms with Gasteiger partial charge in [-0.3, -0.25) is 4.79 Å². The van der Waals surface area contributed by atoms with Crippen molar-refractivity contribution < 1.29 is 22.4 Å². The third-order valence-corrected chi connectivity index (χ3v) is 4.93. The molecule has 0 saturated heterocycles. The Morgan fingerprint density at radius 3 is 2.62 bits per heavy atom. The molecule has 1 aliphatic heterocycles. The maximum absolute atomic E-state index is 13.6. The smallest absolute Gasteiger partial charge is 0.410 e. The minimum Gasteiger partial charge on any atom is -0.467 e. The van der Waals surface area contributed by atoms with Crippen LogP contribution in [0.1, 0.15) is 34.6 Å². The predicted molar refractivity (Wildman–Crippen MR) is 101 cm³/mol. The Morgan fingerprint density at radius 1 is 1.28 bits per heavy atom. The summed E-state index contributed by atoms with van der Waals surface area (Å²) >= 11 is 11.8. The van der Waals surface area contributed by atoms with Crippen LogP contribution in [0.3, 0.4) is 0 Å². The van der Waals surface area contributed by atoms with E-state index in [1.165, 1.54) is 24.5 Å². The van der Waals surface area contributed by atoms with Crippen LogP contribution in [0.25, 0.3) is 0 Å². The van der Waals surface area contributed by atoms with Crippen LogP contribution < -0.4 is 10.6 Å². The normalized spacial score (nSPS) is 18.8. The summed E-state index contributed by atoms with van der Waals surface area (Å²) in [6, 6.07) is 4.92. The minimum absolute atomic E-state index is 0.0494. The van der Waals surface area contributed by atoms with Crippen molar-refractivity contribution in [2.45, 2.75) is 24.7 Å². The molecular formula is C18H13Cl2F3N4O2. The monoisotopic (exact) mass is 444 g/mol. The average Bonchev–Trinajstić information content (AvgIpc) is 3.28. The van der Waals surface area contributed by atoms with Gasteiger partial charge in [-0.15, -0.1) is 0 Å². The molecule has 29 heavy (non-hydrogen) atoms. The van der Waals surface area contributed by atoms with E-state index in [4.69, 9.17) is 27.6 Å². The molecule has 4 rings (SSSR count). The van der Waals surface area contributed by atoms with Gasteiger partial charge in [-0.25, -0.2) is 4.68 Å². The van der Waals surface area contributed by atoms with E-state index in [0.717, 1.165) is 10.9 Å². The van der Waals surface area contributed by atoms with Gasteiger partial charge in [-0.05, 0) is 30.3 Å². The summed E-state index contributed by atoms with van der Waals surface area (Å²) in [7, 11) is 0. The number of halogens is 5. The zero-order valence-electron chi connectivity index (χ0n) is 14.5.